The van der Waals surface area contributed by atoms with Crippen LogP contribution in [0.1, 0.15) is 52.4 Å². The summed E-state index contributed by atoms with van der Waals surface area (Å²) in [5.74, 6) is 1.44. The molecule has 0 aromatic heterocycles. The van der Waals surface area contributed by atoms with Crippen LogP contribution in [-0.4, -0.2) is 41.3 Å². The molecule has 1 aliphatic heterocycles. The van der Waals surface area contributed by atoms with Crippen molar-refractivity contribution in [1.82, 2.24) is 10.2 Å². The van der Waals surface area contributed by atoms with Crippen molar-refractivity contribution in [2.75, 3.05) is 19.6 Å². The summed E-state index contributed by atoms with van der Waals surface area (Å²) >= 11 is 0. The van der Waals surface area contributed by atoms with Crippen LogP contribution in [0.5, 0.6) is 0 Å². The van der Waals surface area contributed by atoms with Crippen molar-refractivity contribution >= 4 is 6.03 Å². The third kappa shape index (κ3) is 4.10. The second kappa shape index (κ2) is 6.12. The van der Waals surface area contributed by atoms with Gasteiger partial charge in [0.1, 0.15) is 0 Å². The molecule has 1 heterocycles. The van der Waals surface area contributed by atoms with Crippen LogP contribution in [-0.2, 0) is 0 Å². The number of hydrogen-bond donors (Lipinski definition) is 2. The molecule has 2 aliphatic rings. The topological polar surface area (TPSA) is 52.6 Å². The average Bonchev–Trinajstić information content (AvgIpc) is 2.41. The lowest BCUT2D eigenvalue weighted by atomic mass is 9.79. The highest BCUT2D eigenvalue weighted by molar-refractivity contribution is 5.74. The second-order valence-corrected chi connectivity index (χ2v) is 6.74. The Hall–Kier alpha value is -0.770. The number of likely N-dealkylation sites (tertiary alicyclic amines) is 1. The molecule has 0 atom stereocenters. The molecule has 1 saturated heterocycles. The fourth-order valence-electron chi connectivity index (χ4n) is 3.04. The first-order chi connectivity index (χ1) is 8.98. The van der Waals surface area contributed by atoms with Crippen LogP contribution in [0.2, 0.25) is 0 Å². The molecule has 2 fully saturated rings. The van der Waals surface area contributed by atoms with Crippen LogP contribution >= 0.6 is 0 Å². The van der Waals surface area contributed by atoms with E-state index in [2.05, 4.69) is 19.2 Å². The lowest BCUT2D eigenvalue weighted by Gasteiger charge is -2.36. The van der Waals surface area contributed by atoms with E-state index < -0.39 is 5.60 Å². The molecule has 1 saturated carbocycles. The summed E-state index contributed by atoms with van der Waals surface area (Å²) in [5.41, 5.74) is -0.675. The highest BCUT2D eigenvalue weighted by Gasteiger charge is 2.32. The summed E-state index contributed by atoms with van der Waals surface area (Å²) in [7, 11) is 0. The quantitative estimate of drug-likeness (QED) is 0.808. The van der Waals surface area contributed by atoms with Gasteiger partial charge in [-0.25, -0.2) is 4.79 Å². The van der Waals surface area contributed by atoms with E-state index in [0.29, 0.717) is 12.5 Å². The number of amides is 2. The SMILES string of the molecule is CC1CCN(C(=O)NCC2(O)CCC(C)CC2)CC1. The highest BCUT2D eigenvalue weighted by Crippen LogP contribution is 2.31. The van der Waals surface area contributed by atoms with E-state index in [-0.39, 0.29) is 6.03 Å². The summed E-state index contributed by atoms with van der Waals surface area (Å²) in [6.45, 7) is 6.57. The first-order valence-corrected chi connectivity index (χ1v) is 7.74. The van der Waals surface area contributed by atoms with Gasteiger partial charge >= 0.3 is 6.03 Å². The highest BCUT2D eigenvalue weighted by atomic mass is 16.3. The Balaban J connectivity index is 1.74. The predicted octanol–water partition coefficient (Wildman–Crippen LogP) is 2.37. The Labute approximate surface area is 116 Å². The largest absolute Gasteiger partial charge is 0.388 e. The van der Waals surface area contributed by atoms with Crippen molar-refractivity contribution in [1.29, 1.82) is 0 Å². The van der Waals surface area contributed by atoms with Gasteiger partial charge in [-0.3, -0.25) is 0 Å². The Kier molecular flexibility index (Phi) is 4.71. The van der Waals surface area contributed by atoms with Crippen molar-refractivity contribution in [3.63, 3.8) is 0 Å². The minimum Gasteiger partial charge on any atom is -0.388 e. The van der Waals surface area contributed by atoms with Gasteiger partial charge in [0.2, 0.25) is 0 Å². The molecule has 2 rings (SSSR count). The molecule has 0 bridgehead atoms. The van der Waals surface area contributed by atoms with Gasteiger partial charge in [-0.2, -0.15) is 0 Å². The smallest absolute Gasteiger partial charge is 0.317 e. The van der Waals surface area contributed by atoms with Gasteiger partial charge < -0.3 is 15.3 Å². The Bertz CT molecular complexity index is 303. The summed E-state index contributed by atoms with van der Waals surface area (Å²) in [4.78, 5) is 13.9. The summed E-state index contributed by atoms with van der Waals surface area (Å²) in [5, 5.41) is 13.4. The van der Waals surface area contributed by atoms with E-state index in [1.54, 1.807) is 0 Å². The minimum atomic E-state index is -0.675. The van der Waals surface area contributed by atoms with Gasteiger partial charge in [0.15, 0.2) is 0 Å². The Morgan fingerprint density at radius 1 is 1.16 bits per heavy atom. The summed E-state index contributed by atoms with van der Waals surface area (Å²) < 4.78 is 0. The predicted molar refractivity (Wildman–Crippen MR) is 76.0 cm³/mol. The molecule has 4 heteroatoms. The molecule has 0 spiro atoms. The van der Waals surface area contributed by atoms with Crippen molar-refractivity contribution in [2.24, 2.45) is 11.8 Å². The third-order valence-corrected chi connectivity index (χ3v) is 4.84. The molecule has 0 unspecified atom stereocenters. The number of nitrogens with zero attached hydrogens (tertiary/aromatic N) is 1. The number of hydrogen-bond acceptors (Lipinski definition) is 2. The van der Waals surface area contributed by atoms with E-state index in [0.717, 1.165) is 57.5 Å². The Morgan fingerprint density at radius 3 is 2.26 bits per heavy atom. The molecule has 2 amide bonds. The molecule has 0 aromatic rings. The number of nitrogens with one attached hydrogen (secondary N) is 1. The first kappa shape index (κ1) is 14.6. The zero-order chi connectivity index (χ0) is 13.9. The normalized spacial score (nSPS) is 33.2. The molecular weight excluding hydrogens is 240 g/mol. The molecule has 0 radical (unpaired) electrons. The summed E-state index contributed by atoms with van der Waals surface area (Å²) in [6.07, 6.45) is 5.93. The van der Waals surface area contributed by atoms with Gasteiger partial charge in [-0.05, 0) is 50.4 Å². The number of carbonyl (C=O) groups excluding carboxylic acids is 1. The van der Waals surface area contributed by atoms with Crippen molar-refractivity contribution in [3.8, 4) is 0 Å². The minimum absolute atomic E-state index is 0.000975. The Morgan fingerprint density at radius 2 is 1.68 bits per heavy atom. The van der Waals surface area contributed by atoms with Gasteiger partial charge in [-0.15, -0.1) is 0 Å². The molecule has 1 aliphatic carbocycles. The first-order valence-electron chi connectivity index (χ1n) is 7.74. The van der Waals surface area contributed by atoms with Gasteiger partial charge in [0, 0.05) is 19.6 Å². The molecule has 2 N–H and O–H groups in total. The van der Waals surface area contributed by atoms with Crippen molar-refractivity contribution < 1.29 is 9.90 Å². The van der Waals surface area contributed by atoms with Gasteiger partial charge in [-0.1, -0.05) is 13.8 Å². The van der Waals surface area contributed by atoms with Gasteiger partial charge in [0.25, 0.3) is 0 Å². The average molecular weight is 268 g/mol. The number of piperidine rings is 1. The molecule has 4 nitrogen and oxygen atoms in total. The lowest BCUT2D eigenvalue weighted by Crippen LogP contribution is -2.50. The van der Waals surface area contributed by atoms with Crippen LogP contribution in [0.25, 0.3) is 0 Å². The van der Waals surface area contributed by atoms with Crippen LogP contribution < -0.4 is 5.32 Å². The van der Waals surface area contributed by atoms with Crippen LogP contribution in [0.4, 0.5) is 4.79 Å². The zero-order valence-electron chi connectivity index (χ0n) is 12.3. The number of carbonyl (C=O) groups is 1. The van der Waals surface area contributed by atoms with Crippen LogP contribution in [0.3, 0.4) is 0 Å². The van der Waals surface area contributed by atoms with Crippen LogP contribution in [0, 0.1) is 11.8 Å². The van der Waals surface area contributed by atoms with Crippen molar-refractivity contribution in [3.05, 3.63) is 0 Å². The second-order valence-electron chi connectivity index (χ2n) is 6.74. The van der Waals surface area contributed by atoms with E-state index >= 15 is 0 Å². The van der Waals surface area contributed by atoms with E-state index in [1.165, 1.54) is 0 Å². The monoisotopic (exact) mass is 268 g/mol. The maximum atomic E-state index is 12.1. The molecule has 19 heavy (non-hydrogen) atoms. The molecule has 0 aromatic carbocycles. The van der Waals surface area contributed by atoms with E-state index in [1.807, 2.05) is 4.90 Å². The number of urea groups is 1. The maximum Gasteiger partial charge on any atom is 0.317 e. The fraction of sp³-hybridized carbons (Fsp3) is 0.933. The number of aliphatic hydroxyl groups is 1. The number of rotatable bonds is 2. The van der Waals surface area contributed by atoms with Crippen molar-refractivity contribution in [2.45, 2.75) is 58.0 Å². The standard InChI is InChI=1S/C15H28N2O2/c1-12-3-7-15(19,8-4-12)11-16-14(18)17-9-5-13(2)6-10-17/h12-13,19H,3-11H2,1-2H3,(H,16,18). The van der Waals surface area contributed by atoms with Crippen LogP contribution in [0.15, 0.2) is 0 Å². The third-order valence-electron chi connectivity index (χ3n) is 4.84. The lowest BCUT2D eigenvalue weighted by molar-refractivity contribution is -0.00496. The van der Waals surface area contributed by atoms with E-state index in [9.17, 15) is 9.90 Å². The summed E-state index contributed by atoms with van der Waals surface area (Å²) in [6, 6.07) is -0.000975. The molecule has 110 valence electrons. The van der Waals surface area contributed by atoms with Gasteiger partial charge in [0.05, 0.1) is 5.60 Å². The molecular formula is C15H28N2O2. The van der Waals surface area contributed by atoms with E-state index in [4.69, 9.17) is 0 Å². The zero-order valence-corrected chi connectivity index (χ0v) is 12.3. The maximum absolute atomic E-state index is 12.1. The fourth-order valence-corrected chi connectivity index (χ4v) is 3.04.